The van der Waals surface area contributed by atoms with Crippen molar-refractivity contribution in [3.05, 3.63) is 46.5 Å². The topological polar surface area (TPSA) is 100 Å². The zero-order valence-electron chi connectivity index (χ0n) is 17.2. The second kappa shape index (κ2) is 11.0. The Hall–Kier alpha value is -2.59. The first kappa shape index (κ1) is 23.7. The molecule has 2 atom stereocenters. The van der Waals surface area contributed by atoms with Crippen molar-refractivity contribution in [2.45, 2.75) is 39.3 Å². The number of nitrogens with one attached hydrogen (secondary N) is 2. The van der Waals surface area contributed by atoms with E-state index in [2.05, 4.69) is 15.6 Å². The summed E-state index contributed by atoms with van der Waals surface area (Å²) in [6.07, 6.45) is 1.56. The van der Waals surface area contributed by atoms with Gasteiger partial charge >= 0.3 is 0 Å². The van der Waals surface area contributed by atoms with Gasteiger partial charge in [-0.05, 0) is 37.7 Å². The van der Waals surface area contributed by atoms with Gasteiger partial charge in [-0.3, -0.25) is 14.5 Å². The van der Waals surface area contributed by atoms with Gasteiger partial charge in [0.15, 0.2) is 16.8 Å². The summed E-state index contributed by atoms with van der Waals surface area (Å²) in [6, 6.07) is 2.90. The molecule has 0 bridgehead atoms. The molecule has 1 aromatic carbocycles. The van der Waals surface area contributed by atoms with Crippen LogP contribution in [0.4, 0.5) is 13.9 Å². The Morgan fingerprint density at radius 3 is 2.43 bits per heavy atom. The maximum atomic E-state index is 13.8. The van der Waals surface area contributed by atoms with Crippen LogP contribution in [-0.4, -0.2) is 47.4 Å². The molecule has 30 heavy (non-hydrogen) atoms. The predicted octanol–water partition coefficient (Wildman–Crippen LogP) is 2.25. The Labute approximate surface area is 178 Å². The zero-order chi connectivity index (χ0) is 22.3. The first-order valence-corrected chi connectivity index (χ1v) is 10.5. The lowest BCUT2D eigenvalue weighted by Crippen LogP contribution is -2.47. The third-order valence-electron chi connectivity index (χ3n) is 4.89. The number of nitrogen functional groups attached to an aromatic ring is 1. The lowest BCUT2D eigenvalue weighted by molar-refractivity contribution is -0.126. The van der Waals surface area contributed by atoms with Crippen molar-refractivity contribution in [3.8, 4) is 0 Å². The Morgan fingerprint density at radius 2 is 1.87 bits per heavy atom. The van der Waals surface area contributed by atoms with Crippen LogP contribution in [0.2, 0.25) is 0 Å². The summed E-state index contributed by atoms with van der Waals surface area (Å²) in [5.74, 6) is -3.61. The zero-order valence-corrected chi connectivity index (χ0v) is 18.1. The number of benzene rings is 1. The number of rotatable bonds is 10. The molecule has 2 aromatic rings. The first-order valence-electron chi connectivity index (χ1n) is 9.71. The SMILES string of the molecule is CCN(CC)[C@@H](C)C(=O)NC[C@H](C(=O)NCc1cnc(N)s1)c1ccc(F)c(F)c1. The summed E-state index contributed by atoms with van der Waals surface area (Å²) < 4.78 is 27.1. The van der Waals surface area contributed by atoms with Crippen molar-refractivity contribution >= 4 is 28.3 Å². The average molecular weight is 440 g/mol. The molecule has 0 aliphatic rings. The number of nitrogens with zero attached hydrogens (tertiary/aromatic N) is 2. The van der Waals surface area contributed by atoms with E-state index < -0.39 is 23.5 Å². The number of aromatic nitrogens is 1. The minimum absolute atomic E-state index is 0.0494. The highest BCUT2D eigenvalue weighted by Gasteiger charge is 2.25. The quantitative estimate of drug-likeness (QED) is 0.527. The van der Waals surface area contributed by atoms with E-state index in [0.717, 1.165) is 17.0 Å². The van der Waals surface area contributed by atoms with E-state index in [9.17, 15) is 18.4 Å². The Bertz CT molecular complexity index is 873. The van der Waals surface area contributed by atoms with Gasteiger partial charge in [0.1, 0.15) is 0 Å². The normalized spacial score (nSPS) is 13.1. The van der Waals surface area contributed by atoms with E-state index in [4.69, 9.17) is 5.73 Å². The van der Waals surface area contributed by atoms with Gasteiger partial charge in [0.05, 0.1) is 18.5 Å². The number of carbonyl (C=O) groups is 2. The maximum Gasteiger partial charge on any atom is 0.237 e. The number of thiazole rings is 1. The molecule has 1 aromatic heterocycles. The highest BCUT2D eigenvalue weighted by Crippen LogP contribution is 2.20. The minimum Gasteiger partial charge on any atom is -0.375 e. The monoisotopic (exact) mass is 439 g/mol. The van der Waals surface area contributed by atoms with Gasteiger partial charge in [-0.15, -0.1) is 11.3 Å². The van der Waals surface area contributed by atoms with Crippen molar-refractivity contribution in [2.24, 2.45) is 0 Å². The van der Waals surface area contributed by atoms with Crippen LogP contribution in [0, 0.1) is 11.6 Å². The fourth-order valence-electron chi connectivity index (χ4n) is 3.08. The summed E-state index contributed by atoms with van der Waals surface area (Å²) in [4.78, 5) is 32.0. The number of carbonyl (C=O) groups excluding carboxylic acids is 2. The van der Waals surface area contributed by atoms with Crippen molar-refractivity contribution in [2.75, 3.05) is 25.4 Å². The number of hydrogen-bond acceptors (Lipinski definition) is 6. The van der Waals surface area contributed by atoms with Crippen LogP contribution in [0.1, 0.15) is 37.1 Å². The number of amides is 2. The molecule has 0 aliphatic heterocycles. The molecule has 164 valence electrons. The van der Waals surface area contributed by atoms with Crippen LogP contribution in [-0.2, 0) is 16.1 Å². The first-order chi connectivity index (χ1) is 14.3. The Balaban J connectivity index is 2.13. The van der Waals surface area contributed by atoms with Crippen LogP contribution in [0.25, 0.3) is 0 Å². The van der Waals surface area contributed by atoms with Gasteiger partial charge in [0, 0.05) is 17.6 Å². The molecule has 0 radical (unpaired) electrons. The van der Waals surface area contributed by atoms with Crippen LogP contribution >= 0.6 is 11.3 Å². The molecular weight excluding hydrogens is 412 g/mol. The smallest absolute Gasteiger partial charge is 0.237 e. The van der Waals surface area contributed by atoms with Gasteiger partial charge in [-0.25, -0.2) is 13.8 Å². The molecule has 10 heteroatoms. The maximum absolute atomic E-state index is 13.8. The summed E-state index contributed by atoms with van der Waals surface area (Å²) in [5, 5.41) is 5.88. The molecule has 0 saturated heterocycles. The average Bonchev–Trinajstić information content (AvgIpc) is 3.14. The van der Waals surface area contributed by atoms with Gasteiger partial charge in [-0.1, -0.05) is 19.9 Å². The van der Waals surface area contributed by atoms with Crippen molar-refractivity contribution in [1.82, 2.24) is 20.5 Å². The predicted molar refractivity (Wildman–Crippen MR) is 113 cm³/mol. The van der Waals surface area contributed by atoms with Crippen LogP contribution in [0.15, 0.2) is 24.4 Å². The number of anilines is 1. The van der Waals surface area contributed by atoms with Gasteiger partial charge in [0.25, 0.3) is 0 Å². The number of nitrogens with two attached hydrogens (primary N) is 1. The third-order valence-corrected chi connectivity index (χ3v) is 5.72. The lowest BCUT2D eigenvalue weighted by Gasteiger charge is -2.26. The number of likely N-dealkylation sites (N-methyl/N-ethyl adjacent to an activating group) is 1. The van der Waals surface area contributed by atoms with Crippen LogP contribution in [0.5, 0.6) is 0 Å². The Morgan fingerprint density at radius 1 is 1.17 bits per heavy atom. The van der Waals surface area contributed by atoms with Crippen LogP contribution < -0.4 is 16.4 Å². The molecule has 0 fully saturated rings. The summed E-state index contributed by atoms with van der Waals surface area (Å²) >= 11 is 1.24. The van der Waals surface area contributed by atoms with Gasteiger partial charge < -0.3 is 16.4 Å². The van der Waals surface area contributed by atoms with E-state index in [1.807, 2.05) is 18.7 Å². The minimum atomic E-state index is -1.05. The number of halogens is 2. The molecule has 7 nitrogen and oxygen atoms in total. The Kier molecular flexibility index (Phi) is 8.67. The fraction of sp³-hybridized carbons (Fsp3) is 0.450. The van der Waals surface area contributed by atoms with Crippen molar-refractivity contribution < 1.29 is 18.4 Å². The van der Waals surface area contributed by atoms with Crippen molar-refractivity contribution in [3.63, 3.8) is 0 Å². The van der Waals surface area contributed by atoms with Crippen LogP contribution in [0.3, 0.4) is 0 Å². The van der Waals surface area contributed by atoms with Gasteiger partial charge in [0.2, 0.25) is 11.8 Å². The molecule has 1 heterocycles. The van der Waals surface area contributed by atoms with Gasteiger partial charge in [-0.2, -0.15) is 0 Å². The summed E-state index contributed by atoms with van der Waals surface area (Å²) in [7, 11) is 0. The highest BCUT2D eigenvalue weighted by atomic mass is 32.1. The molecule has 2 amide bonds. The molecular formula is C20H27F2N5O2S. The van der Waals surface area contributed by atoms with E-state index in [-0.39, 0.29) is 30.6 Å². The summed E-state index contributed by atoms with van der Waals surface area (Å²) in [6.45, 7) is 7.24. The molecule has 0 saturated carbocycles. The fourth-order valence-corrected chi connectivity index (χ4v) is 3.70. The largest absolute Gasteiger partial charge is 0.375 e. The van der Waals surface area contributed by atoms with E-state index in [1.165, 1.54) is 17.4 Å². The molecule has 4 N–H and O–H groups in total. The molecule has 0 spiro atoms. The standard InChI is InChI=1S/C20H27F2N5O2S/c1-4-27(5-2)12(3)18(28)25-11-15(13-6-7-16(21)17(22)8-13)19(29)24-9-14-10-26-20(23)30-14/h6-8,10,12,15H,4-5,9,11H2,1-3H3,(H2,23,26)(H,24,29)(H,25,28)/t12-,15-/m0/s1. The van der Waals surface area contributed by atoms with Crippen molar-refractivity contribution in [1.29, 1.82) is 0 Å². The third kappa shape index (κ3) is 6.20. The van der Waals surface area contributed by atoms with E-state index >= 15 is 0 Å². The summed E-state index contributed by atoms with van der Waals surface area (Å²) in [5.41, 5.74) is 5.86. The lowest BCUT2D eigenvalue weighted by atomic mass is 9.97. The van der Waals surface area contributed by atoms with E-state index in [0.29, 0.717) is 18.2 Å². The molecule has 0 unspecified atom stereocenters. The molecule has 2 rings (SSSR count). The second-order valence-corrected chi connectivity index (χ2v) is 7.90. The number of hydrogen-bond donors (Lipinski definition) is 3. The molecule has 0 aliphatic carbocycles. The highest BCUT2D eigenvalue weighted by molar-refractivity contribution is 7.15. The van der Waals surface area contributed by atoms with E-state index in [1.54, 1.807) is 13.1 Å². The second-order valence-electron chi connectivity index (χ2n) is 6.75.